The summed E-state index contributed by atoms with van der Waals surface area (Å²) < 4.78 is 0. The Morgan fingerprint density at radius 1 is 1.56 bits per heavy atom. The van der Waals surface area contributed by atoms with E-state index in [9.17, 15) is 0 Å². The van der Waals surface area contributed by atoms with Crippen molar-refractivity contribution in [3.63, 3.8) is 0 Å². The second kappa shape index (κ2) is 3.31. The van der Waals surface area contributed by atoms with Crippen LogP contribution in [-0.2, 0) is 0 Å². The van der Waals surface area contributed by atoms with Gasteiger partial charge in [-0.05, 0) is 37.3 Å². The summed E-state index contributed by atoms with van der Waals surface area (Å²) in [4.78, 5) is 4.38. The summed E-state index contributed by atoms with van der Waals surface area (Å²) in [6.45, 7) is 3.90. The first-order chi connectivity index (χ1) is 7.68. The fourth-order valence-corrected chi connectivity index (χ4v) is 2.52. The Morgan fingerprint density at radius 2 is 2.44 bits per heavy atom. The molecule has 2 fully saturated rings. The summed E-state index contributed by atoms with van der Waals surface area (Å²) in [6, 6.07) is 5.95. The number of fused-ring (bicyclic) bond motifs is 1. The Labute approximate surface area is 95.6 Å². The highest BCUT2D eigenvalue weighted by Gasteiger charge is 2.58. The molecule has 1 saturated heterocycles. The van der Waals surface area contributed by atoms with Crippen molar-refractivity contribution in [2.75, 3.05) is 13.1 Å². The molecule has 1 aromatic rings. The van der Waals surface area contributed by atoms with E-state index in [1.54, 1.807) is 0 Å². The molecule has 0 radical (unpaired) electrons. The maximum atomic E-state index is 5.78. The number of aromatic nitrogens is 1. The maximum Gasteiger partial charge on any atom is 0.113 e. The number of piperidine rings is 1. The number of hydrazine groups is 1. The van der Waals surface area contributed by atoms with Crippen LogP contribution in [0.3, 0.4) is 0 Å². The highest BCUT2D eigenvalue weighted by atomic mass is 15.4. The zero-order chi connectivity index (χ0) is 11.2. The third-order valence-corrected chi connectivity index (χ3v) is 3.50. The number of aryl methyl sites for hydroxylation is 1. The third-order valence-electron chi connectivity index (χ3n) is 3.50. The molecule has 1 aliphatic heterocycles. The molecule has 82 valence electrons. The summed E-state index contributed by atoms with van der Waals surface area (Å²) in [7, 11) is 0. The van der Waals surface area contributed by atoms with Crippen LogP contribution in [0.5, 0.6) is 0 Å². The van der Waals surface area contributed by atoms with Crippen molar-refractivity contribution in [1.82, 2.24) is 9.99 Å². The number of pyridine rings is 1. The van der Waals surface area contributed by atoms with Gasteiger partial charge in [0, 0.05) is 18.8 Å². The van der Waals surface area contributed by atoms with Gasteiger partial charge in [-0.2, -0.15) is 0 Å². The largest absolute Gasteiger partial charge is 0.269 e. The van der Waals surface area contributed by atoms with Crippen LogP contribution in [0.25, 0.3) is 0 Å². The zero-order valence-electron chi connectivity index (χ0n) is 9.40. The van der Waals surface area contributed by atoms with E-state index >= 15 is 0 Å². The van der Waals surface area contributed by atoms with Gasteiger partial charge >= 0.3 is 0 Å². The molecule has 0 aromatic carbocycles. The molecule has 3 nitrogen and oxygen atoms in total. The van der Waals surface area contributed by atoms with Crippen LogP contribution in [-0.4, -0.2) is 23.1 Å². The van der Waals surface area contributed by atoms with Crippen LogP contribution in [0.1, 0.15) is 17.8 Å². The lowest BCUT2D eigenvalue weighted by Gasteiger charge is -2.10. The molecular weight excluding hydrogens is 198 g/mol. The Bertz CT molecular complexity index is 485. The molecule has 0 spiro atoms. The fourth-order valence-electron chi connectivity index (χ4n) is 2.52. The van der Waals surface area contributed by atoms with E-state index in [0.717, 1.165) is 24.5 Å². The van der Waals surface area contributed by atoms with E-state index in [-0.39, 0.29) is 5.41 Å². The molecule has 16 heavy (non-hydrogen) atoms. The van der Waals surface area contributed by atoms with Gasteiger partial charge in [0.05, 0.1) is 5.41 Å². The summed E-state index contributed by atoms with van der Waals surface area (Å²) in [6.07, 6.45) is 1.21. The first kappa shape index (κ1) is 9.83. The van der Waals surface area contributed by atoms with Gasteiger partial charge in [0.25, 0.3) is 0 Å². The van der Waals surface area contributed by atoms with Crippen molar-refractivity contribution in [3.05, 3.63) is 29.6 Å². The van der Waals surface area contributed by atoms with Gasteiger partial charge in [-0.1, -0.05) is 12.0 Å². The minimum atomic E-state index is 0.181. The molecule has 1 aromatic heterocycles. The predicted molar refractivity (Wildman–Crippen MR) is 62.2 cm³/mol. The molecule has 0 bridgehead atoms. The molecular formula is C13H15N3. The van der Waals surface area contributed by atoms with Crippen LogP contribution in [0, 0.1) is 30.1 Å². The van der Waals surface area contributed by atoms with Crippen molar-refractivity contribution in [1.29, 1.82) is 0 Å². The first-order valence-electron chi connectivity index (χ1n) is 5.64. The number of rotatable bonds is 0. The maximum absolute atomic E-state index is 5.78. The van der Waals surface area contributed by atoms with E-state index in [4.69, 9.17) is 5.84 Å². The minimum absolute atomic E-state index is 0.181. The van der Waals surface area contributed by atoms with Gasteiger partial charge in [-0.3, -0.25) is 5.84 Å². The normalized spacial score (nSPS) is 31.8. The quantitative estimate of drug-likeness (QED) is 0.515. The lowest BCUT2D eigenvalue weighted by atomic mass is 10.1. The van der Waals surface area contributed by atoms with E-state index < -0.39 is 0 Å². The minimum Gasteiger partial charge on any atom is -0.269 e. The summed E-state index contributed by atoms with van der Waals surface area (Å²) >= 11 is 0. The van der Waals surface area contributed by atoms with Crippen molar-refractivity contribution >= 4 is 0 Å². The number of nitrogens with two attached hydrogens (primary N) is 1. The van der Waals surface area contributed by atoms with E-state index in [1.807, 2.05) is 30.1 Å². The molecule has 2 aliphatic rings. The fraction of sp³-hybridized carbons (Fsp3) is 0.462. The first-order valence-corrected chi connectivity index (χ1v) is 5.64. The average molecular weight is 213 g/mol. The molecule has 3 rings (SSSR count). The monoisotopic (exact) mass is 213 g/mol. The van der Waals surface area contributed by atoms with Gasteiger partial charge < -0.3 is 0 Å². The van der Waals surface area contributed by atoms with Crippen LogP contribution < -0.4 is 5.84 Å². The van der Waals surface area contributed by atoms with E-state index in [0.29, 0.717) is 5.92 Å². The molecule has 2 N–H and O–H groups in total. The summed E-state index contributed by atoms with van der Waals surface area (Å²) in [5.74, 6) is 13.0. The van der Waals surface area contributed by atoms with Gasteiger partial charge in [-0.15, -0.1) is 0 Å². The second-order valence-electron chi connectivity index (χ2n) is 4.90. The van der Waals surface area contributed by atoms with Crippen LogP contribution >= 0.6 is 0 Å². The topological polar surface area (TPSA) is 42.1 Å². The Hall–Kier alpha value is -1.37. The number of hydrogen-bond donors (Lipinski definition) is 1. The molecule has 1 saturated carbocycles. The third kappa shape index (κ3) is 1.60. The molecule has 2 heterocycles. The molecule has 1 aliphatic carbocycles. The van der Waals surface area contributed by atoms with Crippen molar-refractivity contribution < 1.29 is 0 Å². The van der Waals surface area contributed by atoms with Crippen molar-refractivity contribution in [2.45, 2.75) is 13.3 Å². The number of hydrogen-bond acceptors (Lipinski definition) is 3. The Morgan fingerprint density at radius 3 is 3.12 bits per heavy atom. The highest BCUT2D eigenvalue weighted by molar-refractivity contribution is 5.35. The SMILES string of the molecule is Cc1cccc(C#CC23CC2CN(N)C3)n1. The standard InChI is InChI=1S/C13H15N3/c1-10-3-2-4-12(15-10)5-6-13-7-11(13)8-16(14)9-13/h2-4,11H,7-9,14H2,1H3. The molecule has 2 atom stereocenters. The molecule has 2 unspecified atom stereocenters. The van der Waals surface area contributed by atoms with Crippen LogP contribution in [0.2, 0.25) is 0 Å². The highest BCUT2D eigenvalue weighted by Crippen LogP contribution is 2.56. The lowest BCUT2D eigenvalue weighted by Crippen LogP contribution is -2.31. The van der Waals surface area contributed by atoms with E-state index in [2.05, 4.69) is 16.8 Å². The zero-order valence-corrected chi connectivity index (χ0v) is 9.40. The lowest BCUT2D eigenvalue weighted by molar-refractivity contribution is 0.307. The molecule has 3 heteroatoms. The van der Waals surface area contributed by atoms with Crippen molar-refractivity contribution in [3.8, 4) is 11.8 Å². The van der Waals surface area contributed by atoms with Gasteiger partial charge in [0.15, 0.2) is 0 Å². The van der Waals surface area contributed by atoms with Crippen molar-refractivity contribution in [2.24, 2.45) is 17.2 Å². The average Bonchev–Trinajstić information content (AvgIpc) is 2.79. The second-order valence-corrected chi connectivity index (χ2v) is 4.90. The van der Waals surface area contributed by atoms with Crippen LogP contribution in [0.4, 0.5) is 0 Å². The summed E-state index contributed by atoms with van der Waals surface area (Å²) in [5, 5.41) is 1.88. The van der Waals surface area contributed by atoms with E-state index in [1.165, 1.54) is 6.42 Å². The summed E-state index contributed by atoms with van der Waals surface area (Å²) in [5.41, 5.74) is 2.07. The number of nitrogens with zero attached hydrogens (tertiary/aromatic N) is 2. The van der Waals surface area contributed by atoms with Gasteiger partial charge in [-0.25, -0.2) is 9.99 Å². The molecule has 0 amide bonds. The Balaban J connectivity index is 1.81. The van der Waals surface area contributed by atoms with Gasteiger partial charge in [0.1, 0.15) is 5.69 Å². The van der Waals surface area contributed by atoms with Gasteiger partial charge in [0.2, 0.25) is 0 Å². The smallest absolute Gasteiger partial charge is 0.113 e. The Kier molecular flexibility index (Phi) is 2.03. The van der Waals surface area contributed by atoms with Crippen LogP contribution in [0.15, 0.2) is 18.2 Å². The predicted octanol–water partition coefficient (Wildman–Crippen LogP) is 0.937.